The molecule has 0 aromatic heterocycles. The van der Waals surface area contributed by atoms with Crippen molar-refractivity contribution in [1.82, 2.24) is 15.6 Å². The predicted molar refractivity (Wildman–Crippen MR) is 143 cm³/mol. The highest BCUT2D eigenvalue weighted by atomic mass is 32.2. The van der Waals surface area contributed by atoms with Crippen molar-refractivity contribution in [3.8, 4) is 5.75 Å². The van der Waals surface area contributed by atoms with Gasteiger partial charge in [0.15, 0.2) is 0 Å². The third-order valence-corrected chi connectivity index (χ3v) is 6.98. The van der Waals surface area contributed by atoms with Gasteiger partial charge in [-0.3, -0.25) is 20.5 Å². The SMILES string of the molecule is CCSc1ccc(OC(F)(F)F)cc1NNC(=O)c1ccc(CN2CCC[C@H](NC)C2)c(C(F)(F)F)c1.O=C(O)C(F)(F)F. The number of benzene rings is 2. The van der Waals surface area contributed by atoms with Gasteiger partial charge in [0.25, 0.3) is 5.91 Å². The van der Waals surface area contributed by atoms with Gasteiger partial charge in [-0.05, 0) is 62.0 Å². The third-order valence-electron chi connectivity index (χ3n) is 6.02. The van der Waals surface area contributed by atoms with Crippen molar-refractivity contribution >= 4 is 29.3 Å². The summed E-state index contributed by atoms with van der Waals surface area (Å²) in [6, 6.07) is 7.15. The van der Waals surface area contributed by atoms with Crippen LogP contribution in [0.3, 0.4) is 0 Å². The Hall–Kier alpha value is -3.38. The van der Waals surface area contributed by atoms with Crippen molar-refractivity contribution in [2.24, 2.45) is 0 Å². The van der Waals surface area contributed by atoms with E-state index in [4.69, 9.17) is 9.90 Å². The van der Waals surface area contributed by atoms with Crippen LogP contribution in [0.15, 0.2) is 41.3 Å². The zero-order chi connectivity index (χ0) is 33.3. The number of likely N-dealkylation sites (N-methyl/N-ethyl adjacent to an activating group) is 1. The van der Waals surface area contributed by atoms with Crippen molar-refractivity contribution in [3.05, 3.63) is 53.1 Å². The van der Waals surface area contributed by atoms with Crippen molar-refractivity contribution in [2.45, 2.75) is 56.0 Å². The van der Waals surface area contributed by atoms with Gasteiger partial charge in [-0.25, -0.2) is 4.79 Å². The molecule has 18 heteroatoms. The quantitative estimate of drug-likeness (QED) is 0.141. The molecule has 1 amide bonds. The van der Waals surface area contributed by atoms with Gasteiger partial charge in [0.2, 0.25) is 0 Å². The Bertz CT molecular complexity index is 1270. The van der Waals surface area contributed by atoms with Gasteiger partial charge in [-0.15, -0.1) is 24.9 Å². The Labute approximate surface area is 250 Å². The number of likely N-dealkylation sites (tertiary alicyclic amines) is 1. The molecule has 2 aromatic carbocycles. The number of piperidine rings is 1. The molecule has 0 radical (unpaired) electrons. The van der Waals surface area contributed by atoms with E-state index in [2.05, 4.69) is 20.9 Å². The van der Waals surface area contributed by atoms with Crippen LogP contribution in [-0.2, 0) is 17.5 Å². The molecule has 3 rings (SSSR count). The monoisotopic (exact) mass is 664 g/mol. The molecule has 1 aliphatic rings. The molecule has 0 unspecified atom stereocenters. The number of hydrogen-bond donors (Lipinski definition) is 4. The number of thioether (sulfide) groups is 1. The molecule has 8 nitrogen and oxygen atoms in total. The molecule has 1 fully saturated rings. The Morgan fingerprint density at radius 3 is 2.25 bits per heavy atom. The summed E-state index contributed by atoms with van der Waals surface area (Å²) in [5.74, 6) is -3.55. The summed E-state index contributed by atoms with van der Waals surface area (Å²) in [5.41, 5.74) is 3.80. The van der Waals surface area contributed by atoms with Crippen LogP contribution in [0.25, 0.3) is 0 Å². The number of aliphatic carboxylic acids is 1. The van der Waals surface area contributed by atoms with Gasteiger partial charge in [0, 0.05) is 35.7 Å². The van der Waals surface area contributed by atoms with Gasteiger partial charge < -0.3 is 15.2 Å². The average Bonchev–Trinajstić information content (AvgIpc) is 2.91. The molecule has 0 saturated carbocycles. The first kappa shape index (κ1) is 36.8. The minimum atomic E-state index is -5.08. The van der Waals surface area contributed by atoms with Crippen LogP contribution in [0, 0.1) is 0 Å². The number of nitrogens with zero attached hydrogens (tertiary/aromatic N) is 1. The lowest BCUT2D eigenvalue weighted by Gasteiger charge is -2.33. The Balaban J connectivity index is 0.000000860. The van der Waals surface area contributed by atoms with E-state index in [1.165, 1.54) is 30.0 Å². The van der Waals surface area contributed by atoms with E-state index in [1.54, 1.807) is 0 Å². The second-order valence-corrected chi connectivity index (χ2v) is 10.6. The summed E-state index contributed by atoms with van der Waals surface area (Å²) < 4.78 is 115. The molecule has 44 heavy (non-hydrogen) atoms. The molecular formula is C26H29F9N4O4S. The number of alkyl halides is 9. The van der Waals surface area contributed by atoms with Crippen molar-refractivity contribution < 1.29 is 58.9 Å². The first-order valence-electron chi connectivity index (χ1n) is 12.8. The second kappa shape index (κ2) is 15.6. The number of ether oxygens (including phenoxy) is 1. The molecule has 2 aromatic rings. The average molecular weight is 665 g/mol. The van der Waals surface area contributed by atoms with Crippen LogP contribution >= 0.6 is 11.8 Å². The minimum Gasteiger partial charge on any atom is -0.475 e. The van der Waals surface area contributed by atoms with Gasteiger partial charge in [-0.2, -0.15) is 26.3 Å². The number of carbonyl (C=O) groups excluding carboxylic acids is 1. The van der Waals surface area contributed by atoms with E-state index < -0.39 is 41.9 Å². The first-order valence-corrected chi connectivity index (χ1v) is 13.8. The fourth-order valence-corrected chi connectivity index (χ4v) is 4.82. The summed E-state index contributed by atoms with van der Waals surface area (Å²) in [7, 11) is 1.82. The number of amides is 1. The van der Waals surface area contributed by atoms with Crippen molar-refractivity contribution in [1.29, 1.82) is 0 Å². The highest BCUT2D eigenvalue weighted by molar-refractivity contribution is 7.99. The van der Waals surface area contributed by atoms with Crippen LogP contribution in [0.4, 0.5) is 45.2 Å². The summed E-state index contributed by atoms with van der Waals surface area (Å²) >= 11 is 1.29. The maximum absolute atomic E-state index is 13.9. The van der Waals surface area contributed by atoms with Crippen LogP contribution in [0.5, 0.6) is 5.75 Å². The normalized spacial score (nSPS) is 16.0. The van der Waals surface area contributed by atoms with E-state index >= 15 is 0 Å². The topological polar surface area (TPSA) is 103 Å². The van der Waals surface area contributed by atoms with Gasteiger partial charge in [0.1, 0.15) is 5.75 Å². The number of halogens is 9. The highest BCUT2D eigenvalue weighted by Gasteiger charge is 2.38. The zero-order valence-corrected chi connectivity index (χ0v) is 24.0. The molecule has 1 aliphatic heterocycles. The zero-order valence-electron chi connectivity index (χ0n) is 23.2. The molecule has 1 atom stereocenters. The van der Waals surface area contributed by atoms with Crippen molar-refractivity contribution in [3.63, 3.8) is 0 Å². The maximum atomic E-state index is 13.9. The lowest BCUT2D eigenvalue weighted by atomic mass is 10.0. The predicted octanol–water partition coefficient (Wildman–Crippen LogP) is 6.29. The van der Waals surface area contributed by atoms with Crippen molar-refractivity contribution in [2.75, 3.05) is 31.3 Å². The molecular weight excluding hydrogens is 635 g/mol. The van der Waals surface area contributed by atoms with E-state index in [1.807, 2.05) is 18.9 Å². The van der Waals surface area contributed by atoms with E-state index in [0.29, 0.717) is 23.7 Å². The number of hydrazine groups is 1. The lowest BCUT2D eigenvalue weighted by Crippen LogP contribution is -2.44. The van der Waals surface area contributed by atoms with E-state index in [-0.39, 0.29) is 29.4 Å². The Kier molecular flexibility index (Phi) is 13.0. The Morgan fingerprint density at radius 2 is 1.70 bits per heavy atom. The standard InChI is InChI=1S/C24H28F6N4O2S.C2HF3O2/c1-3-37-21-9-8-18(36-24(28,29)30)12-20(21)32-33-22(35)15-6-7-16(19(11-15)23(25,26)27)13-34-10-4-5-17(14-34)31-2;3-2(4,5)1(6)7/h6-9,11-12,17,31-32H,3-5,10,13-14H2,1-2H3,(H,33,35);(H,6,7)/t17-;/m0./s1. The van der Waals surface area contributed by atoms with E-state index in [0.717, 1.165) is 31.0 Å². The molecule has 0 spiro atoms. The summed E-state index contributed by atoms with van der Waals surface area (Å²) in [6.45, 7) is 3.22. The smallest absolute Gasteiger partial charge is 0.475 e. The number of anilines is 1. The van der Waals surface area contributed by atoms with Crippen LogP contribution < -0.4 is 20.9 Å². The second-order valence-electron chi connectivity index (χ2n) is 9.25. The number of hydrogen-bond acceptors (Lipinski definition) is 7. The third kappa shape index (κ3) is 12.0. The summed E-state index contributed by atoms with van der Waals surface area (Å²) in [6.07, 6.45) is -12.8. The maximum Gasteiger partial charge on any atom is 0.573 e. The van der Waals surface area contributed by atoms with Gasteiger partial charge in [-0.1, -0.05) is 13.0 Å². The largest absolute Gasteiger partial charge is 0.573 e. The number of carbonyl (C=O) groups is 2. The summed E-state index contributed by atoms with van der Waals surface area (Å²) in [5, 5.41) is 10.3. The minimum absolute atomic E-state index is 0.0624. The molecule has 0 bridgehead atoms. The number of carboxylic acids is 1. The molecule has 1 heterocycles. The van der Waals surface area contributed by atoms with Gasteiger partial charge >= 0.3 is 24.7 Å². The number of nitrogens with one attached hydrogen (secondary N) is 3. The van der Waals surface area contributed by atoms with Crippen LogP contribution in [-0.4, -0.2) is 66.4 Å². The van der Waals surface area contributed by atoms with Gasteiger partial charge in [0.05, 0.1) is 11.3 Å². The number of rotatable bonds is 9. The number of carboxylic acid groups (broad SMARTS) is 1. The molecule has 0 aliphatic carbocycles. The summed E-state index contributed by atoms with van der Waals surface area (Å²) in [4.78, 5) is 24.0. The Morgan fingerprint density at radius 1 is 1.05 bits per heavy atom. The van der Waals surface area contributed by atoms with Crippen LogP contribution in [0.2, 0.25) is 0 Å². The highest BCUT2D eigenvalue weighted by Crippen LogP contribution is 2.35. The van der Waals surface area contributed by atoms with E-state index in [9.17, 15) is 44.3 Å². The molecule has 4 N–H and O–H groups in total. The lowest BCUT2D eigenvalue weighted by molar-refractivity contribution is -0.274. The van der Waals surface area contributed by atoms with Crippen LogP contribution in [0.1, 0.15) is 41.3 Å². The fourth-order valence-electron chi connectivity index (χ4n) is 4.08. The molecule has 246 valence electrons. The fraction of sp³-hybridized carbons (Fsp3) is 0.462. The molecule has 1 saturated heterocycles. The first-order chi connectivity index (χ1) is 20.3.